The van der Waals surface area contributed by atoms with Crippen LogP contribution in [0.2, 0.25) is 4.34 Å². The minimum atomic E-state index is -0.0590. The summed E-state index contributed by atoms with van der Waals surface area (Å²) in [5, 5.41) is 8.50. The molecule has 0 aliphatic carbocycles. The molecular weight excluding hydrogens is 270 g/mol. The van der Waals surface area contributed by atoms with Crippen molar-refractivity contribution < 1.29 is 4.79 Å². The molecule has 0 unspecified atom stereocenters. The molecule has 18 heavy (non-hydrogen) atoms. The molecule has 1 aromatic heterocycles. The monoisotopic (exact) mass is 283 g/mol. The number of carbonyl (C=O) groups is 1. The zero-order valence-corrected chi connectivity index (χ0v) is 11.5. The first kappa shape index (κ1) is 13.3. The van der Waals surface area contributed by atoms with Crippen molar-refractivity contribution in [3.8, 4) is 6.07 Å². The van der Waals surface area contributed by atoms with Gasteiger partial charge in [0, 0.05) is 37.6 Å². The fourth-order valence-electron chi connectivity index (χ4n) is 1.99. The largest absolute Gasteiger partial charge is 0.339 e. The van der Waals surface area contributed by atoms with Gasteiger partial charge in [-0.15, -0.1) is 11.3 Å². The van der Waals surface area contributed by atoms with E-state index in [1.807, 2.05) is 18.2 Å². The number of halogens is 1. The standard InChI is InChI=1S/C12H14ClN3OS/c13-11-2-1-10(18-11)9-15-5-7-16(8-6-15)12(17)3-4-14/h1-2H,3,5-9H2. The fourth-order valence-corrected chi connectivity index (χ4v) is 3.12. The third kappa shape index (κ3) is 3.45. The molecule has 0 bridgehead atoms. The lowest BCUT2D eigenvalue weighted by Crippen LogP contribution is -2.48. The molecule has 0 atom stereocenters. The van der Waals surface area contributed by atoms with E-state index in [2.05, 4.69) is 4.90 Å². The van der Waals surface area contributed by atoms with Crippen LogP contribution in [0.1, 0.15) is 11.3 Å². The molecule has 2 rings (SSSR count). The third-order valence-corrected chi connectivity index (χ3v) is 4.18. The Morgan fingerprint density at radius 1 is 1.39 bits per heavy atom. The number of piperazine rings is 1. The van der Waals surface area contributed by atoms with E-state index in [0.29, 0.717) is 13.1 Å². The van der Waals surface area contributed by atoms with Gasteiger partial charge in [0.15, 0.2) is 0 Å². The predicted octanol–water partition coefficient (Wildman–Crippen LogP) is 1.96. The second kappa shape index (κ2) is 6.19. The summed E-state index contributed by atoms with van der Waals surface area (Å²) in [7, 11) is 0. The Morgan fingerprint density at radius 3 is 2.67 bits per heavy atom. The van der Waals surface area contributed by atoms with Crippen LogP contribution in [-0.2, 0) is 11.3 Å². The number of carbonyl (C=O) groups excluding carboxylic acids is 1. The Hall–Kier alpha value is -1.09. The van der Waals surface area contributed by atoms with Crippen molar-refractivity contribution in [2.75, 3.05) is 26.2 Å². The van der Waals surface area contributed by atoms with Crippen LogP contribution in [0.5, 0.6) is 0 Å². The van der Waals surface area contributed by atoms with Crippen LogP contribution < -0.4 is 0 Å². The molecule has 0 saturated carbocycles. The Labute approximate surface area is 115 Å². The molecule has 1 aliphatic rings. The van der Waals surface area contributed by atoms with Crippen molar-refractivity contribution in [1.29, 1.82) is 5.26 Å². The van der Waals surface area contributed by atoms with Gasteiger partial charge in [-0.25, -0.2) is 0 Å². The van der Waals surface area contributed by atoms with Crippen molar-refractivity contribution in [2.45, 2.75) is 13.0 Å². The van der Waals surface area contributed by atoms with Crippen LogP contribution in [0, 0.1) is 11.3 Å². The van der Waals surface area contributed by atoms with Gasteiger partial charge in [-0.05, 0) is 12.1 Å². The Bertz CT molecular complexity index is 460. The van der Waals surface area contributed by atoms with Crippen molar-refractivity contribution in [3.05, 3.63) is 21.3 Å². The molecule has 0 aromatic carbocycles. The summed E-state index contributed by atoms with van der Waals surface area (Å²) in [4.78, 5) is 16.9. The second-order valence-electron chi connectivity index (χ2n) is 4.20. The van der Waals surface area contributed by atoms with Crippen LogP contribution in [0.25, 0.3) is 0 Å². The Balaban J connectivity index is 1.80. The lowest BCUT2D eigenvalue weighted by Gasteiger charge is -2.34. The maximum Gasteiger partial charge on any atom is 0.236 e. The summed E-state index contributed by atoms with van der Waals surface area (Å²) in [6.07, 6.45) is -0.0134. The van der Waals surface area contributed by atoms with Crippen molar-refractivity contribution >= 4 is 28.8 Å². The average molecular weight is 284 g/mol. The molecule has 4 nitrogen and oxygen atoms in total. The number of rotatable bonds is 3. The van der Waals surface area contributed by atoms with Gasteiger partial charge >= 0.3 is 0 Å². The number of amides is 1. The van der Waals surface area contributed by atoms with E-state index in [4.69, 9.17) is 16.9 Å². The molecule has 96 valence electrons. The normalized spacial score (nSPS) is 16.6. The van der Waals surface area contributed by atoms with Crippen LogP contribution in [-0.4, -0.2) is 41.9 Å². The highest BCUT2D eigenvalue weighted by atomic mass is 35.5. The van der Waals surface area contributed by atoms with E-state index in [1.54, 1.807) is 16.2 Å². The van der Waals surface area contributed by atoms with Crippen LogP contribution >= 0.6 is 22.9 Å². The van der Waals surface area contributed by atoms with Gasteiger partial charge in [-0.2, -0.15) is 5.26 Å². The second-order valence-corrected chi connectivity index (χ2v) is 6.00. The van der Waals surface area contributed by atoms with Crippen molar-refractivity contribution in [2.24, 2.45) is 0 Å². The lowest BCUT2D eigenvalue weighted by atomic mass is 10.2. The zero-order chi connectivity index (χ0) is 13.0. The number of nitrogens with zero attached hydrogens (tertiary/aromatic N) is 3. The number of thiophene rings is 1. The van der Waals surface area contributed by atoms with E-state index in [9.17, 15) is 4.79 Å². The first-order valence-electron chi connectivity index (χ1n) is 5.80. The van der Waals surface area contributed by atoms with Crippen LogP contribution in [0.3, 0.4) is 0 Å². The van der Waals surface area contributed by atoms with Gasteiger partial charge in [-0.3, -0.25) is 9.69 Å². The molecule has 1 amide bonds. The van der Waals surface area contributed by atoms with Gasteiger partial charge < -0.3 is 4.90 Å². The minimum Gasteiger partial charge on any atom is -0.339 e. The number of hydrogen-bond acceptors (Lipinski definition) is 4. The SMILES string of the molecule is N#CCC(=O)N1CCN(Cc2ccc(Cl)s2)CC1. The molecule has 1 fully saturated rings. The summed E-state index contributed by atoms with van der Waals surface area (Å²) in [6.45, 7) is 4.01. The molecule has 1 aliphatic heterocycles. The smallest absolute Gasteiger partial charge is 0.236 e. The first-order chi connectivity index (χ1) is 8.69. The molecule has 0 N–H and O–H groups in total. The topological polar surface area (TPSA) is 47.3 Å². The van der Waals surface area contributed by atoms with E-state index >= 15 is 0 Å². The molecule has 2 heterocycles. The fraction of sp³-hybridized carbons (Fsp3) is 0.500. The summed E-state index contributed by atoms with van der Waals surface area (Å²) in [6, 6.07) is 5.85. The molecule has 1 aromatic rings. The molecular formula is C12H14ClN3OS. The highest BCUT2D eigenvalue weighted by molar-refractivity contribution is 7.16. The predicted molar refractivity (Wildman–Crippen MR) is 71.4 cm³/mol. The quantitative estimate of drug-likeness (QED) is 0.852. The number of hydrogen-bond donors (Lipinski definition) is 0. The molecule has 6 heteroatoms. The van der Waals surface area contributed by atoms with Crippen LogP contribution in [0.15, 0.2) is 12.1 Å². The summed E-state index contributed by atoms with van der Waals surface area (Å²) in [5.41, 5.74) is 0. The van der Waals surface area contributed by atoms with Crippen LogP contribution in [0.4, 0.5) is 0 Å². The maximum absolute atomic E-state index is 11.5. The summed E-state index contributed by atoms with van der Waals surface area (Å²) >= 11 is 7.49. The lowest BCUT2D eigenvalue weighted by molar-refractivity contribution is -0.131. The zero-order valence-electron chi connectivity index (χ0n) is 9.93. The van der Waals surface area contributed by atoms with E-state index in [0.717, 1.165) is 24.0 Å². The summed E-state index contributed by atoms with van der Waals surface area (Å²) in [5.74, 6) is -0.0590. The molecule has 0 radical (unpaired) electrons. The van der Waals surface area contributed by atoms with Gasteiger partial charge in [0.25, 0.3) is 0 Å². The van der Waals surface area contributed by atoms with E-state index in [1.165, 1.54) is 4.88 Å². The number of nitriles is 1. The highest BCUT2D eigenvalue weighted by Crippen LogP contribution is 2.23. The van der Waals surface area contributed by atoms with Gasteiger partial charge in [0.2, 0.25) is 5.91 Å². The van der Waals surface area contributed by atoms with Gasteiger partial charge in [0.1, 0.15) is 6.42 Å². The Kier molecular flexibility index (Phi) is 4.59. The molecule has 0 spiro atoms. The minimum absolute atomic E-state index is 0.0134. The van der Waals surface area contributed by atoms with Gasteiger partial charge in [-0.1, -0.05) is 11.6 Å². The summed E-state index contributed by atoms with van der Waals surface area (Å²) < 4.78 is 0.813. The maximum atomic E-state index is 11.5. The average Bonchev–Trinajstić information content (AvgIpc) is 2.76. The highest BCUT2D eigenvalue weighted by Gasteiger charge is 2.20. The molecule has 1 saturated heterocycles. The van der Waals surface area contributed by atoms with Crippen molar-refractivity contribution in [3.63, 3.8) is 0 Å². The Morgan fingerprint density at radius 2 is 2.11 bits per heavy atom. The first-order valence-corrected chi connectivity index (χ1v) is 7.00. The third-order valence-electron chi connectivity index (χ3n) is 2.96. The van der Waals surface area contributed by atoms with E-state index in [-0.39, 0.29) is 12.3 Å². The van der Waals surface area contributed by atoms with E-state index < -0.39 is 0 Å². The van der Waals surface area contributed by atoms with Crippen molar-refractivity contribution in [1.82, 2.24) is 9.80 Å². The van der Waals surface area contributed by atoms with Gasteiger partial charge in [0.05, 0.1) is 10.4 Å².